The van der Waals surface area contributed by atoms with Gasteiger partial charge in [0.25, 0.3) is 0 Å². The van der Waals surface area contributed by atoms with E-state index in [1.54, 1.807) is 12.1 Å². The molecule has 20 heavy (non-hydrogen) atoms. The van der Waals surface area contributed by atoms with Crippen LogP contribution < -0.4 is 10.6 Å². The summed E-state index contributed by atoms with van der Waals surface area (Å²) in [5, 5.41) is 13.9. The van der Waals surface area contributed by atoms with Gasteiger partial charge in [-0.05, 0) is 30.2 Å². The number of nitrogens with one attached hydrogen (secondary N) is 2. The van der Waals surface area contributed by atoms with Crippen LogP contribution in [0.3, 0.4) is 0 Å². The van der Waals surface area contributed by atoms with Crippen LogP contribution in [0.25, 0.3) is 0 Å². The van der Waals surface area contributed by atoms with E-state index in [2.05, 4.69) is 20.8 Å². The van der Waals surface area contributed by atoms with E-state index in [1.807, 2.05) is 24.3 Å². The number of hydrogen-bond donors (Lipinski definition) is 2. The highest BCUT2D eigenvalue weighted by Gasteiger charge is 2.24. The summed E-state index contributed by atoms with van der Waals surface area (Å²) in [6.07, 6.45) is 0.718. The van der Waals surface area contributed by atoms with Crippen molar-refractivity contribution in [2.24, 2.45) is 5.92 Å². The number of carbonyl (C=O) groups is 1. The SMILES string of the molecule is O=C(Nc1ccc(Cl)nn1)C1CNc2ccccc2C1. The molecule has 0 saturated carbocycles. The molecule has 5 nitrogen and oxygen atoms in total. The van der Waals surface area contributed by atoms with Crippen molar-refractivity contribution in [2.45, 2.75) is 6.42 Å². The summed E-state index contributed by atoms with van der Waals surface area (Å²) >= 11 is 5.66. The summed E-state index contributed by atoms with van der Waals surface area (Å²) in [7, 11) is 0. The van der Waals surface area contributed by atoms with Gasteiger partial charge < -0.3 is 10.6 Å². The molecule has 2 heterocycles. The van der Waals surface area contributed by atoms with Crippen LogP contribution >= 0.6 is 11.6 Å². The van der Waals surface area contributed by atoms with Crippen molar-refractivity contribution in [1.29, 1.82) is 0 Å². The van der Waals surface area contributed by atoms with Gasteiger partial charge in [0.05, 0.1) is 5.92 Å². The fraction of sp³-hybridized carbons (Fsp3) is 0.214. The Kier molecular flexibility index (Phi) is 3.52. The third kappa shape index (κ3) is 2.72. The molecular formula is C14H13ClN4O. The van der Waals surface area contributed by atoms with Gasteiger partial charge in [0.1, 0.15) is 0 Å². The molecule has 2 aromatic rings. The number of halogens is 1. The molecule has 0 spiro atoms. The van der Waals surface area contributed by atoms with Crippen molar-refractivity contribution in [3.8, 4) is 0 Å². The lowest BCUT2D eigenvalue weighted by Crippen LogP contribution is -2.34. The van der Waals surface area contributed by atoms with Crippen molar-refractivity contribution < 1.29 is 4.79 Å². The van der Waals surface area contributed by atoms with Crippen LogP contribution in [0.5, 0.6) is 0 Å². The van der Waals surface area contributed by atoms with E-state index in [-0.39, 0.29) is 11.8 Å². The van der Waals surface area contributed by atoms with Gasteiger partial charge in [0, 0.05) is 12.2 Å². The molecule has 1 amide bonds. The number of carbonyl (C=O) groups excluding carboxylic acids is 1. The van der Waals surface area contributed by atoms with Crippen LogP contribution in [0.2, 0.25) is 5.15 Å². The first-order valence-corrected chi connectivity index (χ1v) is 6.72. The minimum Gasteiger partial charge on any atom is -0.384 e. The predicted molar refractivity (Wildman–Crippen MR) is 77.8 cm³/mol. The monoisotopic (exact) mass is 288 g/mol. The largest absolute Gasteiger partial charge is 0.384 e. The Hall–Kier alpha value is -2.14. The normalized spacial score (nSPS) is 16.9. The van der Waals surface area contributed by atoms with Crippen LogP contribution in [0.1, 0.15) is 5.56 Å². The van der Waals surface area contributed by atoms with Crippen molar-refractivity contribution >= 4 is 29.0 Å². The van der Waals surface area contributed by atoms with Gasteiger partial charge in [0.2, 0.25) is 5.91 Å². The minimum absolute atomic E-state index is 0.0661. The Morgan fingerprint density at radius 3 is 2.90 bits per heavy atom. The molecule has 3 rings (SSSR count). The first-order chi connectivity index (χ1) is 9.72. The van der Waals surface area contributed by atoms with Crippen molar-refractivity contribution in [3.63, 3.8) is 0 Å². The summed E-state index contributed by atoms with van der Waals surface area (Å²) < 4.78 is 0. The Balaban J connectivity index is 1.68. The Bertz CT molecular complexity index is 629. The highest BCUT2D eigenvalue weighted by molar-refractivity contribution is 6.29. The molecule has 1 atom stereocenters. The molecule has 0 aliphatic carbocycles. The summed E-state index contributed by atoms with van der Waals surface area (Å²) in [5.74, 6) is 0.226. The standard InChI is InChI=1S/C14H13ClN4O/c15-12-5-6-13(19-18-12)17-14(20)10-7-9-3-1-2-4-11(9)16-8-10/h1-6,10,16H,7-8H2,(H,17,19,20). The molecule has 1 aromatic carbocycles. The van der Waals surface area contributed by atoms with Crippen LogP contribution in [0, 0.1) is 5.92 Å². The highest BCUT2D eigenvalue weighted by atomic mass is 35.5. The van der Waals surface area contributed by atoms with Crippen LogP contribution in [0.15, 0.2) is 36.4 Å². The Morgan fingerprint density at radius 1 is 1.25 bits per heavy atom. The third-order valence-electron chi connectivity index (χ3n) is 3.28. The maximum Gasteiger partial charge on any atom is 0.230 e. The van der Waals surface area contributed by atoms with Gasteiger partial charge in [0.15, 0.2) is 11.0 Å². The lowest BCUT2D eigenvalue weighted by Gasteiger charge is -2.25. The van der Waals surface area contributed by atoms with Crippen LogP contribution in [-0.2, 0) is 11.2 Å². The molecular weight excluding hydrogens is 276 g/mol. The van der Waals surface area contributed by atoms with Gasteiger partial charge in [-0.25, -0.2) is 0 Å². The fourth-order valence-electron chi connectivity index (χ4n) is 2.24. The van der Waals surface area contributed by atoms with Crippen molar-refractivity contribution in [1.82, 2.24) is 10.2 Å². The lowest BCUT2D eigenvalue weighted by molar-refractivity contribution is -0.119. The van der Waals surface area contributed by atoms with E-state index in [4.69, 9.17) is 11.6 Å². The predicted octanol–water partition coefficient (Wildman–Crippen LogP) is 2.35. The quantitative estimate of drug-likeness (QED) is 0.890. The van der Waals surface area contributed by atoms with Gasteiger partial charge >= 0.3 is 0 Å². The van der Waals surface area contributed by atoms with Gasteiger partial charge in [-0.1, -0.05) is 29.8 Å². The van der Waals surface area contributed by atoms with Crippen LogP contribution in [0.4, 0.5) is 11.5 Å². The Morgan fingerprint density at radius 2 is 2.10 bits per heavy atom. The number of aromatic nitrogens is 2. The second kappa shape index (κ2) is 5.46. The van der Waals surface area contributed by atoms with Gasteiger partial charge in [-0.15, -0.1) is 10.2 Å². The topological polar surface area (TPSA) is 66.9 Å². The number of para-hydroxylation sites is 1. The summed E-state index contributed by atoms with van der Waals surface area (Å²) in [6.45, 7) is 0.615. The van der Waals surface area contributed by atoms with E-state index >= 15 is 0 Å². The molecule has 102 valence electrons. The average Bonchev–Trinajstić information content (AvgIpc) is 2.49. The van der Waals surface area contributed by atoms with Crippen molar-refractivity contribution in [3.05, 3.63) is 47.1 Å². The number of amides is 1. The number of hydrogen-bond acceptors (Lipinski definition) is 4. The zero-order valence-electron chi connectivity index (χ0n) is 10.6. The molecule has 1 aliphatic heterocycles. The molecule has 0 bridgehead atoms. The molecule has 0 fully saturated rings. The molecule has 1 unspecified atom stereocenters. The summed E-state index contributed by atoms with van der Waals surface area (Å²) in [5.41, 5.74) is 2.25. The van der Waals surface area contributed by atoms with Crippen molar-refractivity contribution in [2.75, 3.05) is 17.2 Å². The summed E-state index contributed by atoms with van der Waals surface area (Å²) in [4.78, 5) is 12.2. The Labute approximate surface area is 121 Å². The maximum absolute atomic E-state index is 12.2. The molecule has 1 aromatic heterocycles. The van der Waals surface area contributed by atoms with E-state index in [0.717, 1.165) is 17.7 Å². The van der Waals surface area contributed by atoms with Gasteiger partial charge in [-0.3, -0.25) is 4.79 Å². The number of nitrogens with zero attached hydrogens (tertiary/aromatic N) is 2. The van der Waals surface area contributed by atoms with E-state index in [9.17, 15) is 4.79 Å². The fourth-order valence-corrected chi connectivity index (χ4v) is 2.34. The number of anilines is 2. The molecule has 2 N–H and O–H groups in total. The zero-order chi connectivity index (χ0) is 13.9. The molecule has 6 heteroatoms. The second-order valence-corrected chi connectivity index (χ2v) is 5.06. The second-order valence-electron chi connectivity index (χ2n) is 4.67. The first kappa shape index (κ1) is 12.9. The summed E-state index contributed by atoms with van der Waals surface area (Å²) in [6, 6.07) is 11.2. The number of benzene rings is 1. The number of rotatable bonds is 2. The van der Waals surface area contributed by atoms with Gasteiger partial charge in [-0.2, -0.15) is 0 Å². The highest BCUT2D eigenvalue weighted by Crippen LogP contribution is 2.24. The smallest absolute Gasteiger partial charge is 0.230 e. The molecule has 0 saturated heterocycles. The lowest BCUT2D eigenvalue weighted by atomic mass is 9.93. The molecule has 1 aliphatic rings. The number of fused-ring (bicyclic) bond motifs is 1. The van der Waals surface area contributed by atoms with E-state index in [1.165, 1.54) is 0 Å². The maximum atomic E-state index is 12.2. The average molecular weight is 289 g/mol. The third-order valence-corrected chi connectivity index (χ3v) is 3.48. The van der Waals surface area contributed by atoms with E-state index < -0.39 is 0 Å². The van der Waals surface area contributed by atoms with E-state index in [0.29, 0.717) is 17.5 Å². The first-order valence-electron chi connectivity index (χ1n) is 6.34. The molecule has 0 radical (unpaired) electrons. The van der Waals surface area contributed by atoms with Crippen LogP contribution in [-0.4, -0.2) is 22.6 Å². The zero-order valence-corrected chi connectivity index (χ0v) is 11.4. The minimum atomic E-state index is -0.123.